The number of amides is 1. The molecule has 0 bridgehead atoms. The molecule has 0 atom stereocenters. The number of nitrogens with zero attached hydrogens (tertiary/aromatic N) is 1. The van der Waals surface area contributed by atoms with Crippen LogP contribution in [-0.4, -0.2) is 10.9 Å². The zero-order valence-corrected chi connectivity index (χ0v) is 15.0. The van der Waals surface area contributed by atoms with Crippen molar-refractivity contribution in [2.24, 2.45) is 0 Å². The van der Waals surface area contributed by atoms with Gasteiger partial charge in [0.1, 0.15) is 5.76 Å². The molecule has 2 aromatic carbocycles. The van der Waals surface area contributed by atoms with Crippen molar-refractivity contribution in [3.63, 3.8) is 0 Å². The average molecular weight is 389 g/mol. The SMILES string of the molecule is O=C(Nc1nc2ccc(Cl)cc2s1)c1ccc(-c2cccc(Cl)c2)o1. The lowest BCUT2D eigenvalue weighted by atomic mass is 10.2. The van der Waals surface area contributed by atoms with E-state index in [0.29, 0.717) is 20.9 Å². The van der Waals surface area contributed by atoms with Crippen LogP contribution in [-0.2, 0) is 0 Å². The van der Waals surface area contributed by atoms with E-state index in [2.05, 4.69) is 10.3 Å². The smallest absolute Gasteiger partial charge is 0.293 e. The molecule has 0 aliphatic carbocycles. The Morgan fingerprint density at radius 1 is 1.04 bits per heavy atom. The maximum atomic E-state index is 12.4. The summed E-state index contributed by atoms with van der Waals surface area (Å²) in [5.41, 5.74) is 1.59. The molecule has 0 saturated carbocycles. The van der Waals surface area contributed by atoms with E-state index in [-0.39, 0.29) is 11.7 Å². The molecule has 2 aromatic heterocycles. The molecule has 4 nitrogen and oxygen atoms in total. The van der Waals surface area contributed by atoms with Gasteiger partial charge in [-0.25, -0.2) is 4.98 Å². The first-order valence-corrected chi connectivity index (χ1v) is 8.89. The second-order valence-electron chi connectivity index (χ2n) is 5.26. The number of thiazole rings is 1. The molecule has 0 aliphatic heterocycles. The number of fused-ring (bicyclic) bond motifs is 1. The van der Waals surface area contributed by atoms with Crippen LogP contribution in [0.4, 0.5) is 5.13 Å². The summed E-state index contributed by atoms with van der Waals surface area (Å²) in [6.45, 7) is 0. The molecule has 7 heteroatoms. The van der Waals surface area contributed by atoms with Gasteiger partial charge < -0.3 is 4.42 Å². The number of hydrogen-bond donors (Lipinski definition) is 1. The van der Waals surface area contributed by atoms with E-state index in [1.54, 1.807) is 30.3 Å². The summed E-state index contributed by atoms with van der Waals surface area (Å²) in [5.74, 6) is 0.412. The van der Waals surface area contributed by atoms with Crippen LogP contribution in [0.3, 0.4) is 0 Å². The fourth-order valence-electron chi connectivity index (χ4n) is 2.37. The number of halogens is 2. The number of rotatable bonds is 3. The van der Waals surface area contributed by atoms with Crippen LogP contribution in [0.5, 0.6) is 0 Å². The number of furan rings is 1. The molecule has 124 valence electrons. The van der Waals surface area contributed by atoms with Gasteiger partial charge in [-0.3, -0.25) is 10.1 Å². The van der Waals surface area contributed by atoms with E-state index in [0.717, 1.165) is 15.8 Å². The van der Waals surface area contributed by atoms with E-state index in [1.165, 1.54) is 11.3 Å². The number of aromatic nitrogens is 1. The molecule has 4 aromatic rings. The lowest BCUT2D eigenvalue weighted by Crippen LogP contribution is -2.10. The van der Waals surface area contributed by atoms with Crippen molar-refractivity contribution in [1.29, 1.82) is 0 Å². The minimum absolute atomic E-state index is 0.201. The van der Waals surface area contributed by atoms with Crippen molar-refractivity contribution in [3.05, 3.63) is 70.4 Å². The summed E-state index contributed by atoms with van der Waals surface area (Å²) in [4.78, 5) is 16.7. The van der Waals surface area contributed by atoms with Gasteiger partial charge >= 0.3 is 0 Å². The minimum Gasteiger partial charge on any atom is -0.451 e. The summed E-state index contributed by atoms with van der Waals surface area (Å²) in [7, 11) is 0. The molecule has 0 radical (unpaired) electrons. The number of carbonyl (C=O) groups excluding carboxylic acids is 1. The number of hydrogen-bond acceptors (Lipinski definition) is 4. The second kappa shape index (κ2) is 6.52. The second-order valence-corrected chi connectivity index (χ2v) is 7.16. The number of nitrogens with one attached hydrogen (secondary N) is 1. The Balaban J connectivity index is 1.56. The van der Waals surface area contributed by atoms with Crippen LogP contribution in [0.15, 0.2) is 59.0 Å². The molecule has 4 rings (SSSR count). The fraction of sp³-hybridized carbons (Fsp3) is 0. The molecule has 0 fully saturated rings. The van der Waals surface area contributed by atoms with Gasteiger partial charge in [0.25, 0.3) is 5.91 Å². The quantitative estimate of drug-likeness (QED) is 0.460. The summed E-state index contributed by atoms with van der Waals surface area (Å²) >= 11 is 13.3. The van der Waals surface area contributed by atoms with Crippen LogP contribution >= 0.6 is 34.5 Å². The highest BCUT2D eigenvalue weighted by atomic mass is 35.5. The predicted molar refractivity (Wildman–Crippen MR) is 102 cm³/mol. The Hall–Kier alpha value is -2.34. The van der Waals surface area contributed by atoms with Gasteiger partial charge in [0.15, 0.2) is 10.9 Å². The molecule has 1 amide bonds. The van der Waals surface area contributed by atoms with E-state index < -0.39 is 0 Å². The molecule has 0 spiro atoms. The van der Waals surface area contributed by atoms with Crippen molar-refractivity contribution in [2.75, 3.05) is 5.32 Å². The van der Waals surface area contributed by atoms with Gasteiger partial charge in [-0.2, -0.15) is 0 Å². The van der Waals surface area contributed by atoms with Crippen molar-refractivity contribution in [1.82, 2.24) is 4.98 Å². The molecule has 0 aliphatic rings. The van der Waals surface area contributed by atoms with Crippen LogP contribution < -0.4 is 5.32 Å². The maximum absolute atomic E-state index is 12.4. The molecule has 1 N–H and O–H groups in total. The van der Waals surface area contributed by atoms with Crippen LogP contribution in [0.2, 0.25) is 10.0 Å². The van der Waals surface area contributed by atoms with Gasteiger partial charge in [-0.15, -0.1) is 0 Å². The summed E-state index contributed by atoms with van der Waals surface area (Å²) in [6.07, 6.45) is 0. The first-order chi connectivity index (χ1) is 12.1. The Labute approximate surface area is 157 Å². The normalized spacial score (nSPS) is 11.0. The lowest BCUT2D eigenvalue weighted by Gasteiger charge is -1.99. The fourth-order valence-corrected chi connectivity index (χ4v) is 3.69. The number of anilines is 1. The van der Waals surface area contributed by atoms with Crippen molar-refractivity contribution >= 4 is 55.8 Å². The number of carbonyl (C=O) groups is 1. The summed E-state index contributed by atoms with van der Waals surface area (Å²) < 4.78 is 6.54. The first-order valence-electron chi connectivity index (χ1n) is 7.32. The van der Waals surface area contributed by atoms with Crippen LogP contribution in [0.25, 0.3) is 21.5 Å². The van der Waals surface area contributed by atoms with Gasteiger partial charge in [-0.05, 0) is 42.5 Å². The van der Waals surface area contributed by atoms with Gasteiger partial charge in [0.05, 0.1) is 10.2 Å². The zero-order valence-electron chi connectivity index (χ0n) is 12.6. The molecule has 0 unspecified atom stereocenters. The Morgan fingerprint density at radius 3 is 2.72 bits per heavy atom. The first kappa shape index (κ1) is 16.1. The van der Waals surface area contributed by atoms with E-state index >= 15 is 0 Å². The highest BCUT2D eigenvalue weighted by Crippen LogP contribution is 2.29. The summed E-state index contributed by atoms with van der Waals surface area (Å²) in [5, 5.41) is 4.47. The van der Waals surface area contributed by atoms with Crippen molar-refractivity contribution in [3.8, 4) is 11.3 Å². The van der Waals surface area contributed by atoms with Gasteiger partial charge in [0, 0.05) is 15.6 Å². The Kier molecular flexibility index (Phi) is 4.21. The van der Waals surface area contributed by atoms with Gasteiger partial charge in [-0.1, -0.05) is 46.7 Å². The van der Waals surface area contributed by atoms with Gasteiger partial charge in [0.2, 0.25) is 0 Å². The largest absolute Gasteiger partial charge is 0.451 e. The van der Waals surface area contributed by atoms with Crippen molar-refractivity contribution in [2.45, 2.75) is 0 Å². The maximum Gasteiger partial charge on any atom is 0.293 e. The average Bonchev–Trinajstić information content (AvgIpc) is 3.21. The zero-order chi connectivity index (χ0) is 17.4. The van der Waals surface area contributed by atoms with E-state index in [9.17, 15) is 4.79 Å². The standard InChI is InChI=1S/C18H10Cl2N2O2S/c19-11-3-1-2-10(8-11)14-6-7-15(24-14)17(23)22-18-21-13-5-4-12(20)9-16(13)25-18/h1-9H,(H,21,22,23). The van der Waals surface area contributed by atoms with Crippen molar-refractivity contribution < 1.29 is 9.21 Å². The highest BCUT2D eigenvalue weighted by Gasteiger charge is 2.15. The van der Waals surface area contributed by atoms with E-state index in [4.69, 9.17) is 27.6 Å². The molecule has 25 heavy (non-hydrogen) atoms. The Morgan fingerprint density at radius 2 is 1.88 bits per heavy atom. The molecule has 2 heterocycles. The Bertz CT molecular complexity index is 1090. The molecule has 0 saturated heterocycles. The number of benzene rings is 2. The van der Waals surface area contributed by atoms with Crippen LogP contribution in [0.1, 0.15) is 10.6 Å². The third kappa shape index (κ3) is 3.39. The third-order valence-corrected chi connectivity index (χ3v) is 4.91. The monoisotopic (exact) mass is 388 g/mol. The highest BCUT2D eigenvalue weighted by molar-refractivity contribution is 7.22. The minimum atomic E-state index is -0.363. The van der Waals surface area contributed by atoms with Crippen LogP contribution in [0, 0.1) is 0 Å². The summed E-state index contributed by atoms with van der Waals surface area (Å²) in [6, 6.07) is 16.0. The molecular weight excluding hydrogens is 379 g/mol. The predicted octanol–water partition coefficient (Wildman–Crippen LogP) is 6.12. The molecular formula is C18H10Cl2N2O2S. The lowest BCUT2D eigenvalue weighted by molar-refractivity contribution is 0.0997. The topological polar surface area (TPSA) is 55.1 Å². The third-order valence-electron chi connectivity index (χ3n) is 3.51. The van der Waals surface area contributed by atoms with E-state index in [1.807, 2.05) is 24.3 Å².